The monoisotopic (exact) mass is 324 g/mol. The van der Waals surface area contributed by atoms with Crippen LogP contribution in [-0.4, -0.2) is 10.8 Å². The molecule has 1 N–H and O–H groups in total. The first-order chi connectivity index (χ1) is 11.6. The van der Waals surface area contributed by atoms with Crippen molar-refractivity contribution in [3.63, 3.8) is 0 Å². The zero-order chi connectivity index (χ0) is 17.4. The van der Waals surface area contributed by atoms with Gasteiger partial charge in [-0.3, -0.25) is 14.9 Å². The molecule has 0 atom stereocenters. The Morgan fingerprint density at radius 2 is 1.88 bits per heavy atom. The van der Waals surface area contributed by atoms with Crippen LogP contribution in [0.25, 0.3) is 6.08 Å². The number of carbonyl (C=O) groups is 1. The molecule has 0 bridgehead atoms. The standard InChI is InChI=1S/C19H20N2O3/c1-2-3-6-15-9-12-17(13-10-15)20-19(22)14-11-16-7-4-5-8-18(16)21(23)24/h4-5,7-14H,2-3,6H2,1H3,(H,20,22)/b14-11+. The lowest BCUT2D eigenvalue weighted by Gasteiger charge is -2.04. The lowest BCUT2D eigenvalue weighted by molar-refractivity contribution is -0.385. The van der Waals surface area contributed by atoms with Crippen molar-refractivity contribution in [3.05, 3.63) is 75.8 Å². The quantitative estimate of drug-likeness (QED) is 0.460. The summed E-state index contributed by atoms with van der Waals surface area (Å²) in [6.07, 6.45) is 6.07. The number of rotatable bonds is 7. The van der Waals surface area contributed by atoms with Crippen molar-refractivity contribution in [1.82, 2.24) is 0 Å². The highest BCUT2D eigenvalue weighted by Crippen LogP contribution is 2.19. The summed E-state index contributed by atoms with van der Waals surface area (Å²) in [6, 6.07) is 14.0. The molecule has 0 saturated heterocycles. The number of unbranched alkanes of at least 4 members (excludes halogenated alkanes) is 1. The number of nitro groups is 1. The third kappa shape index (κ3) is 5.05. The maximum atomic E-state index is 12.0. The number of anilines is 1. The largest absolute Gasteiger partial charge is 0.323 e. The van der Waals surface area contributed by atoms with E-state index < -0.39 is 4.92 Å². The van der Waals surface area contributed by atoms with Crippen molar-refractivity contribution in [3.8, 4) is 0 Å². The van der Waals surface area contributed by atoms with Gasteiger partial charge in [0.1, 0.15) is 0 Å². The number of benzene rings is 2. The average Bonchev–Trinajstić information content (AvgIpc) is 2.59. The van der Waals surface area contributed by atoms with Gasteiger partial charge in [-0.05, 0) is 42.7 Å². The van der Waals surface area contributed by atoms with Crippen LogP contribution >= 0.6 is 0 Å². The van der Waals surface area contributed by atoms with E-state index >= 15 is 0 Å². The molecule has 2 aromatic rings. The minimum absolute atomic E-state index is 0.0261. The topological polar surface area (TPSA) is 72.2 Å². The summed E-state index contributed by atoms with van der Waals surface area (Å²) in [5.41, 5.74) is 2.31. The molecule has 2 rings (SSSR count). The molecule has 0 aliphatic heterocycles. The molecule has 1 amide bonds. The number of carbonyl (C=O) groups excluding carboxylic acids is 1. The number of para-hydroxylation sites is 1. The molecule has 24 heavy (non-hydrogen) atoms. The fourth-order valence-electron chi connectivity index (χ4n) is 2.28. The molecule has 0 unspecified atom stereocenters. The third-order valence-electron chi connectivity index (χ3n) is 3.59. The Kier molecular flexibility index (Phi) is 6.25. The van der Waals surface area contributed by atoms with E-state index in [4.69, 9.17) is 0 Å². The minimum Gasteiger partial charge on any atom is -0.323 e. The summed E-state index contributed by atoms with van der Waals surface area (Å²) in [5.74, 6) is -0.325. The van der Waals surface area contributed by atoms with Gasteiger partial charge in [0.25, 0.3) is 5.69 Å². The second-order valence-corrected chi connectivity index (χ2v) is 5.44. The molecule has 0 saturated carbocycles. The van der Waals surface area contributed by atoms with Crippen molar-refractivity contribution in [2.45, 2.75) is 26.2 Å². The number of hydrogen-bond acceptors (Lipinski definition) is 3. The van der Waals surface area contributed by atoms with Crippen LogP contribution in [0.1, 0.15) is 30.9 Å². The molecule has 2 aromatic carbocycles. The SMILES string of the molecule is CCCCc1ccc(NC(=O)/C=C/c2ccccc2[N+](=O)[O-])cc1. The lowest BCUT2D eigenvalue weighted by atomic mass is 10.1. The first kappa shape index (κ1) is 17.4. The van der Waals surface area contributed by atoms with Crippen molar-refractivity contribution in [2.75, 3.05) is 5.32 Å². The number of amides is 1. The van der Waals surface area contributed by atoms with Gasteiger partial charge in [0.15, 0.2) is 0 Å². The molecule has 0 radical (unpaired) electrons. The molecule has 0 heterocycles. The zero-order valence-electron chi connectivity index (χ0n) is 13.6. The van der Waals surface area contributed by atoms with Gasteiger partial charge in [-0.1, -0.05) is 37.6 Å². The first-order valence-corrected chi connectivity index (χ1v) is 7.91. The third-order valence-corrected chi connectivity index (χ3v) is 3.59. The molecule has 5 heteroatoms. The van der Waals surface area contributed by atoms with Crippen LogP contribution in [0.5, 0.6) is 0 Å². The van der Waals surface area contributed by atoms with Crippen LogP contribution in [0.3, 0.4) is 0 Å². The first-order valence-electron chi connectivity index (χ1n) is 7.91. The summed E-state index contributed by atoms with van der Waals surface area (Å²) < 4.78 is 0. The predicted octanol–water partition coefficient (Wildman–Crippen LogP) is 4.59. The molecule has 0 fully saturated rings. The number of hydrogen-bond donors (Lipinski definition) is 1. The summed E-state index contributed by atoms with van der Waals surface area (Å²) in [4.78, 5) is 22.4. The Hall–Kier alpha value is -2.95. The predicted molar refractivity (Wildman–Crippen MR) is 95.8 cm³/mol. The second kappa shape index (κ2) is 8.62. The molecule has 0 spiro atoms. The van der Waals surface area contributed by atoms with Gasteiger partial charge in [0, 0.05) is 17.8 Å². The molecule has 0 aliphatic carbocycles. The molecular weight excluding hydrogens is 304 g/mol. The normalized spacial score (nSPS) is 10.7. The zero-order valence-corrected chi connectivity index (χ0v) is 13.6. The van der Waals surface area contributed by atoms with E-state index in [1.165, 1.54) is 23.8 Å². The van der Waals surface area contributed by atoms with E-state index in [-0.39, 0.29) is 11.6 Å². The highest BCUT2D eigenvalue weighted by atomic mass is 16.6. The van der Waals surface area contributed by atoms with E-state index in [9.17, 15) is 14.9 Å². The van der Waals surface area contributed by atoms with Gasteiger partial charge in [-0.25, -0.2) is 0 Å². The Balaban J connectivity index is 1.99. The Labute approximate surface area is 141 Å². The van der Waals surface area contributed by atoms with Crippen LogP contribution in [0.4, 0.5) is 11.4 Å². The minimum atomic E-state index is -0.466. The van der Waals surface area contributed by atoms with E-state index in [2.05, 4.69) is 12.2 Å². The van der Waals surface area contributed by atoms with Gasteiger partial charge in [0.05, 0.1) is 10.5 Å². The number of nitro benzene ring substituents is 1. The van der Waals surface area contributed by atoms with Gasteiger partial charge < -0.3 is 5.32 Å². The molecule has 0 aromatic heterocycles. The number of nitrogens with zero attached hydrogens (tertiary/aromatic N) is 1. The summed E-state index contributed by atoms with van der Waals surface area (Å²) in [6.45, 7) is 2.15. The van der Waals surface area contributed by atoms with Gasteiger partial charge >= 0.3 is 0 Å². The summed E-state index contributed by atoms with van der Waals surface area (Å²) in [7, 11) is 0. The van der Waals surface area contributed by atoms with Crippen molar-refractivity contribution in [2.24, 2.45) is 0 Å². The molecule has 5 nitrogen and oxygen atoms in total. The van der Waals surface area contributed by atoms with E-state index in [0.29, 0.717) is 11.3 Å². The Morgan fingerprint density at radius 1 is 1.17 bits per heavy atom. The highest BCUT2D eigenvalue weighted by Gasteiger charge is 2.09. The van der Waals surface area contributed by atoms with Crippen LogP contribution in [0.2, 0.25) is 0 Å². The van der Waals surface area contributed by atoms with Crippen LogP contribution in [0.15, 0.2) is 54.6 Å². The second-order valence-electron chi connectivity index (χ2n) is 5.44. The summed E-state index contributed by atoms with van der Waals surface area (Å²) >= 11 is 0. The summed E-state index contributed by atoms with van der Waals surface area (Å²) in [5, 5.41) is 13.7. The lowest BCUT2D eigenvalue weighted by Crippen LogP contribution is -2.07. The van der Waals surface area contributed by atoms with Gasteiger partial charge in [-0.2, -0.15) is 0 Å². The van der Waals surface area contributed by atoms with E-state index in [0.717, 1.165) is 19.3 Å². The van der Waals surface area contributed by atoms with Crippen molar-refractivity contribution >= 4 is 23.4 Å². The Bertz CT molecular complexity index is 737. The van der Waals surface area contributed by atoms with Crippen molar-refractivity contribution in [1.29, 1.82) is 0 Å². The average molecular weight is 324 g/mol. The highest BCUT2D eigenvalue weighted by molar-refractivity contribution is 6.02. The molecule has 0 aliphatic rings. The van der Waals surface area contributed by atoms with Gasteiger partial charge in [-0.15, -0.1) is 0 Å². The molecular formula is C19H20N2O3. The van der Waals surface area contributed by atoms with E-state index in [1.807, 2.05) is 24.3 Å². The van der Waals surface area contributed by atoms with Gasteiger partial charge in [0.2, 0.25) is 5.91 Å². The maximum absolute atomic E-state index is 12.0. The number of nitrogens with one attached hydrogen (secondary N) is 1. The van der Waals surface area contributed by atoms with Crippen LogP contribution in [0, 0.1) is 10.1 Å². The fourth-order valence-corrected chi connectivity index (χ4v) is 2.28. The smallest absolute Gasteiger partial charge is 0.276 e. The number of aryl methyl sites for hydroxylation is 1. The molecule has 124 valence electrons. The fraction of sp³-hybridized carbons (Fsp3) is 0.211. The van der Waals surface area contributed by atoms with Crippen LogP contribution < -0.4 is 5.32 Å². The van der Waals surface area contributed by atoms with Crippen molar-refractivity contribution < 1.29 is 9.72 Å². The van der Waals surface area contributed by atoms with E-state index in [1.54, 1.807) is 18.2 Å². The maximum Gasteiger partial charge on any atom is 0.276 e. The Morgan fingerprint density at radius 3 is 2.54 bits per heavy atom. The van der Waals surface area contributed by atoms with Crippen LogP contribution in [-0.2, 0) is 11.2 Å².